The molecule has 4 unspecified atom stereocenters. The van der Waals surface area contributed by atoms with Crippen LogP contribution in [0.2, 0.25) is 5.02 Å². The molecule has 10 nitrogen and oxygen atoms in total. The van der Waals surface area contributed by atoms with Gasteiger partial charge < -0.3 is 20.1 Å². The number of carbonyl (C=O) groups excluding carboxylic acids is 1. The number of nitrogens with one attached hydrogen (secondary N) is 1. The fourth-order valence-corrected chi connectivity index (χ4v) is 8.52. The molecule has 3 aliphatic rings. The predicted octanol–water partition coefficient (Wildman–Crippen LogP) is 3.56. The number of hydrogen-bond acceptors (Lipinski definition) is 9. The van der Waals surface area contributed by atoms with Gasteiger partial charge in [-0.05, 0) is 67.4 Å². The van der Waals surface area contributed by atoms with Crippen LogP contribution in [0, 0.1) is 17.1 Å². The van der Waals surface area contributed by atoms with Crippen LogP contribution in [0.5, 0.6) is 5.75 Å². The van der Waals surface area contributed by atoms with Gasteiger partial charge in [-0.2, -0.15) is 18.4 Å². The lowest BCUT2D eigenvalue weighted by Crippen LogP contribution is -2.69. The van der Waals surface area contributed by atoms with Crippen molar-refractivity contribution in [1.29, 1.82) is 5.26 Å². The second-order valence-corrected chi connectivity index (χ2v) is 15.4. The molecule has 244 valence electrons. The number of aromatic nitrogens is 1. The molecule has 0 spiro atoms. The second-order valence-electron chi connectivity index (χ2n) is 11.9. The molecule has 2 N–H and O–H groups in total. The van der Waals surface area contributed by atoms with E-state index >= 15 is 4.39 Å². The largest absolute Gasteiger partial charge is 0.481 e. The van der Waals surface area contributed by atoms with E-state index in [-0.39, 0.29) is 42.5 Å². The number of rotatable bonds is 9. The van der Waals surface area contributed by atoms with Gasteiger partial charge in [0.25, 0.3) is 0 Å². The summed E-state index contributed by atoms with van der Waals surface area (Å²) < 4.78 is 87.2. The van der Waals surface area contributed by atoms with Crippen molar-refractivity contribution in [1.82, 2.24) is 20.1 Å². The Morgan fingerprint density at radius 3 is 2.51 bits per heavy atom. The molecule has 1 aliphatic carbocycles. The summed E-state index contributed by atoms with van der Waals surface area (Å²) in [5, 5.41) is 22.4. The van der Waals surface area contributed by atoms with Crippen LogP contribution in [0.15, 0.2) is 39.8 Å². The van der Waals surface area contributed by atoms with Crippen molar-refractivity contribution in [3.63, 3.8) is 0 Å². The molecule has 17 heteroatoms. The molecule has 3 fully saturated rings. The number of halogens is 6. The van der Waals surface area contributed by atoms with Gasteiger partial charge in [0.15, 0.2) is 15.9 Å². The Kier molecular flexibility index (Phi) is 8.95. The Morgan fingerprint density at radius 2 is 1.98 bits per heavy atom. The number of nitrogens with zero attached hydrogens (tertiary/aromatic N) is 4. The summed E-state index contributed by atoms with van der Waals surface area (Å²) in [4.78, 5) is 20.5. The van der Waals surface area contributed by atoms with Crippen molar-refractivity contribution in [2.75, 3.05) is 26.7 Å². The highest BCUT2D eigenvalue weighted by Gasteiger charge is 2.58. The van der Waals surface area contributed by atoms with E-state index in [2.05, 4.69) is 26.2 Å². The average Bonchev–Trinajstić information content (AvgIpc) is 3.55. The number of aliphatic hydroxyl groups is 1. The zero-order valence-corrected chi connectivity index (χ0v) is 27.1. The first-order chi connectivity index (χ1) is 20.9. The van der Waals surface area contributed by atoms with Crippen LogP contribution in [0.25, 0.3) is 0 Å². The van der Waals surface area contributed by atoms with Crippen molar-refractivity contribution >= 4 is 43.3 Å². The number of hydrogen-bond donors (Lipinski definition) is 2. The summed E-state index contributed by atoms with van der Waals surface area (Å²) in [5.74, 6) is -1.67. The van der Waals surface area contributed by atoms with Gasteiger partial charge in [-0.25, -0.2) is 12.8 Å². The van der Waals surface area contributed by atoms with Gasteiger partial charge in [0.2, 0.25) is 5.91 Å². The number of benzene rings is 1. The Balaban J connectivity index is 1.48. The Labute approximate surface area is 270 Å². The monoisotopic (exact) mass is 737 g/mol. The Hall–Kier alpha value is -2.55. The zero-order valence-electron chi connectivity index (χ0n) is 24.0. The van der Waals surface area contributed by atoms with E-state index in [0.717, 1.165) is 25.1 Å². The summed E-state index contributed by atoms with van der Waals surface area (Å²) in [7, 11) is -2.60. The average molecular weight is 739 g/mol. The first-order valence-electron chi connectivity index (χ1n) is 13.9. The lowest BCUT2D eigenvalue weighted by Gasteiger charge is -2.53. The lowest BCUT2D eigenvalue weighted by molar-refractivity contribution is -0.189. The number of nitriles is 1. The number of likely N-dealkylation sites (N-methyl/N-ethyl adjacent to an activating group) is 1. The summed E-state index contributed by atoms with van der Waals surface area (Å²) >= 11 is 9.42. The molecule has 0 radical (unpaired) electrons. The maximum Gasteiger partial charge on any atom is 0.425 e. The number of pyridine rings is 1. The van der Waals surface area contributed by atoms with Gasteiger partial charge in [-0.3, -0.25) is 14.7 Å². The Morgan fingerprint density at radius 1 is 1.31 bits per heavy atom. The highest BCUT2D eigenvalue weighted by molar-refractivity contribution is 9.10. The Bertz CT molecular complexity index is 1650. The highest BCUT2D eigenvalue weighted by atomic mass is 79.9. The van der Waals surface area contributed by atoms with Gasteiger partial charge in [0.1, 0.15) is 23.3 Å². The molecule has 1 aromatic carbocycles. The van der Waals surface area contributed by atoms with Crippen LogP contribution < -0.4 is 10.1 Å². The molecule has 1 aromatic heterocycles. The maximum absolute atomic E-state index is 15.2. The predicted molar refractivity (Wildman–Crippen MR) is 156 cm³/mol. The van der Waals surface area contributed by atoms with Crippen molar-refractivity contribution in [3.8, 4) is 11.8 Å². The molecule has 2 saturated heterocycles. The molecule has 0 bridgehead atoms. The first-order valence-corrected chi connectivity index (χ1v) is 16.6. The van der Waals surface area contributed by atoms with Gasteiger partial charge in [0, 0.05) is 36.4 Å². The fourth-order valence-electron chi connectivity index (χ4n) is 5.97. The molecule has 5 rings (SSSR count). The van der Waals surface area contributed by atoms with Crippen molar-refractivity contribution < 1.29 is 40.6 Å². The van der Waals surface area contributed by atoms with Crippen molar-refractivity contribution in [2.45, 2.75) is 71.8 Å². The normalized spacial score (nSPS) is 24.3. The summed E-state index contributed by atoms with van der Waals surface area (Å²) in [6, 6.07) is 5.06. The van der Waals surface area contributed by atoms with Crippen LogP contribution in [-0.4, -0.2) is 96.2 Å². The lowest BCUT2D eigenvalue weighted by atomic mass is 9.74. The minimum atomic E-state index is -4.66. The summed E-state index contributed by atoms with van der Waals surface area (Å²) in [6.45, 7) is 0.717. The summed E-state index contributed by atoms with van der Waals surface area (Å²) in [6.07, 6.45) is -6.52. The maximum atomic E-state index is 15.2. The number of ether oxygens (including phenoxy) is 1. The number of aliphatic hydroxyl groups excluding tert-OH is 1. The van der Waals surface area contributed by atoms with Crippen molar-refractivity contribution in [3.05, 3.63) is 51.5 Å². The molecule has 1 saturated carbocycles. The molecule has 4 atom stereocenters. The van der Waals surface area contributed by atoms with Crippen LogP contribution in [0.3, 0.4) is 0 Å². The number of likely N-dealkylation sites (tertiary alicyclic amines) is 2. The minimum absolute atomic E-state index is 0.0517. The topological polar surface area (TPSA) is 136 Å². The van der Waals surface area contributed by atoms with E-state index in [1.165, 1.54) is 17.2 Å². The van der Waals surface area contributed by atoms with Crippen LogP contribution in [-0.2, 0) is 20.0 Å². The number of alkyl halides is 3. The van der Waals surface area contributed by atoms with E-state index in [0.29, 0.717) is 17.3 Å². The molecule has 3 heterocycles. The van der Waals surface area contributed by atoms with Gasteiger partial charge in [-0.1, -0.05) is 11.6 Å². The van der Waals surface area contributed by atoms with Gasteiger partial charge in [-0.15, -0.1) is 0 Å². The zero-order chi connectivity index (χ0) is 33.1. The second kappa shape index (κ2) is 11.9. The minimum Gasteiger partial charge on any atom is -0.481 e. The van der Waals surface area contributed by atoms with Crippen LogP contribution in [0.4, 0.5) is 17.6 Å². The third kappa shape index (κ3) is 6.39. The summed E-state index contributed by atoms with van der Waals surface area (Å²) in [5.41, 5.74) is -2.47. The third-order valence-electron chi connectivity index (χ3n) is 8.54. The SMILES string of the molecule is CC(Oc1ccc(S(=O)(=O)C2CC(C(=O)NC3(C#N)CC3)N(C(O)C3(c4ncc(Br)cc4F)CN(C)C3)C2)c(Cl)c1)C(F)(F)F. The third-order valence-corrected chi connectivity index (χ3v) is 11.6. The first kappa shape index (κ1) is 33.8. The van der Waals surface area contributed by atoms with Gasteiger partial charge >= 0.3 is 6.18 Å². The smallest absolute Gasteiger partial charge is 0.425 e. The molecular formula is C28H29BrClF4N5O5S. The number of carbonyl (C=O) groups is 1. The quantitative estimate of drug-likeness (QED) is 0.371. The van der Waals surface area contributed by atoms with E-state index < -0.39 is 67.2 Å². The fraction of sp³-hybridized carbons (Fsp3) is 0.536. The number of sulfone groups is 1. The highest BCUT2D eigenvalue weighted by Crippen LogP contribution is 2.43. The van der Waals surface area contributed by atoms with Gasteiger partial charge in [0.05, 0.1) is 38.4 Å². The van der Waals surface area contributed by atoms with E-state index in [4.69, 9.17) is 16.3 Å². The molecule has 2 aromatic rings. The molecular weight excluding hydrogens is 710 g/mol. The van der Waals surface area contributed by atoms with Crippen molar-refractivity contribution in [2.24, 2.45) is 0 Å². The van der Waals surface area contributed by atoms with Crippen LogP contribution in [0.1, 0.15) is 31.9 Å². The number of amides is 1. The molecule has 45 heavy (non-hydrogen) atoms. The molecule has 2 aliphatic heterocycles. The van der Waals surface area contributed by atoms with E-state index in [1.807, 2.05) is 11.0 Å². The standard InChI is InChI=1S/C28H29BrClF4N5O5S/c1-15(28(32,33)34)44-17-3-4-22(19(30)8-17)45(42,43)18-9-21(24(40)37-26(12-35)5-6-26)39(11-18)25(41)27(13-38(2)14-27)23-20(31)7-16(29)10-36-23/h3-4,7-8,10,15,18,21,25,41H,5-6,9,11,13-14H2,1-2H3,(H,37,40). The van der Waals surface area contributed by atoms with E-state index in [1.54, 1.807) is 7.05 Å². The molecule has 1 amide bonds. The van der Waals surface area contributed by atoms with E-state index in [9.17, 15) is 36.8 Å². The van der Waals surface area contributed by atoms with Crippen LogP contribution >= 0.6 is 27.5 Å².